The molecule has 0 bridgehead atoms. The molecule has 0 spiro atoms. The fourth-order valence-corrected chi connectivity index (χ4v) is 3.62. The first-order chi connectivity index (χ1) is 7.82. The van der Waals surface area contributed by atoms with Crippen LogP contribution >= 0.6 is 0 Å². The fourth-order valence-electron chi connectivity index (χ4n) is 3.62. The topological polar surface area (TPSA) is 23.5 Å². The number of aliphatic hydroxyl groups excluding tert-OH is 1. The monoisotopic (exact) mass is 241 g/mol. The van der Waals surface area contributed by atoms with Crippen molar-refractivity contribution in [3.63, 3.8) is 0 Å². The number of nitrogens with zero attached hydrogens (tertiary/aromatic N) is 1. The largest absolute Gasteiger partial charge is 0.391 e. The molecule has 0 amide bonds. The van der Waals surface area contributed by atoms with Crippen molar-refractivity contribution in [2.45, 2.75) is 72.1 Å². The van der Waals surface area contributed by atoms with Crippen molar-refractivity contribution >= 4 is 0 Å². The van der Waals surface area contributed by atoms with Crippen LogP contribution in [0.2, 0.25) is 0 Å². The molecule has 1 fully saturated rings. The zero-order valence-electron chi connectivity index (χ0n) is 12.5. The molecule has 1 N–H and O–H groups in total. The molecule has 5 unspecified atom stereocenters. The molecule has 2 nitrogen and oxygen atoms in total. The van der Waals surface area contributed by atoms with Crippen LogP contribution in [-0.4, -0.2) is 35.2 Å². The summed E-state index contributed by atoms with van der Waals surface area (Å²) in [6.45, 7) is 11.4. The average Bonchev–Trinajstić information content (AvgIpc) is 2.14. The molecule has 102 valence electrons. The molecule has 17 heavy (non-hydrogen) atoms. The van der Waals surface area contributed by atoms with Crippen molar-refractivity contribution in [2.24, 2.45) is 17.8 Å². The molecule has 1 aliphatic rings. The summed E-state index contributed by atoms with van der Waals surface area (Å²) in [5.74, 6) is 2.00. The highest BCUT2D eigenvalue weighted by molar-refractivity contribution is 4.90. The van der Waals surface area contributed by atoms with Crippen molar-refractivity contribution in [3.8, 4) is 0 Å². The molecule has 0 aromatic carbocycles. The highest BCUT2D eigenvalue weighted by Crippen LogP contribution is 2.33. The summed E-state index contributed by atoms with van der Waals surface area (Å²) in [6, 6.07) is 0.908. The van der Waals surface area contributed by atoms with E-state index in [2.05, 4.69) is 46.6 Å². The van der Waals surface area contributed by atoms with Crippen LogP contribution in [0, 0.1) is 17.8 Å². The molecule has 1 aliphatic carbocycles. The van der Waals surface area contributed by atoms with Crippen LogP contribution in [0.15, 0.2) is 0 Å². The highest BCUT2D eigenvalue weighted by atomic mass is 16.3. The van der Waals surface area contributed by atoms with Gasteiger partial charge in [-0.15, -0.1) is 0 Å². The Morgan fingerprint density at radius 3 is 2.24 bits per heavy atom. The van der Waals surface area contributed by atoms with E-state index in [4.69, 9.17) is 0 Å². The van der Waals surface area contributed by atoms with Crippen LogP contribution in [-0.2, 0) is 0 Å². The maximum absolute atomic E-state index is 10.3. The van der Waals surface area contributed by atoms with Gasteiger partial charge in [-0.2, -0.15) is 0 Å². The van der Waals surface area contributed by atoms with Gasteiger partial charge >= 0.3 is 0 Å². The van der Waals surface area contributed by atoms with Gasteiger partial charge in [0.15, 0.2) is 0 Å². The first kappa shape index (κ1) is 15.0. The lowest BCUT2D eigenvalue weighted by molar-refractivity contribution is -0.0301. The Hall–Kier alpha value is -0.0800. The summed E-state index contributed by atoms with van der Waals surface area (Å²) in [4.78, 5) is 2.42. The molecule has 1 saturated carbocycles. The number of aliphatic hydroxyl groups is 1. The predicted octanol–water partition coefficient (Wildman–Crippen LogP) is 3.15. The number of likely N-dealkylation sites (N-methyl/N-ethyl adjacent to an activating group) is 1. The van der Waals surface area contributed by atoms with Gasteiger partial charge in [-0.05, 0) is 51.0 Å². The van der Waals surface area contributed by atoms with Crippen molar-refractivity contribution < 1.29 is 5.11 Å². The second kappa shape index (κ2) is 6.19. The van der Waals surface area contributed by atoms with Gasteiger partial charge in [0.25, 0.3) is 0 Å². The third kappa shape index (κ3) is 3.96. The van der Waals surface area contributed by atoms with Crippen LogP contribution < -0.4 is 0 Å². The van der Waals surface area contributed by atoms with Crippen LogP contribution in [0.1, 0.15) is 53.9 Å². The Morgan fingerprint density at radius 1 is 1.18 bits per heavy atom. The Balaban J connectivity index is 2.63. The molecule has 0 radical (unpaired) electrons. The highest BCUT2D eigenvalue weighted by Gasteiger charge is 2.36. The van der Waals surface area contributed by atoms with Crippen molar-refractivity contribution in [1.82, 2.24) is 4.90 Å². The van der Waals surface area contributed by atoms with E-state index in [0.29, 0.717) is 23.9 Å². The number of rotatable bonds is 4. The van der Waals surface area contributed by atoms with Gasteiger partial charge in [-0.25, -0.2) is 0 Å². The maximum atomic E-state index is 10.3. The zero-order chi connectivity index (χ0) is 13.2. The van der Waals surface area contributed by atoms with Gasteiger partial charge in [-0.1, -0.05) is 27.7 Å². The van der Waals surface area contributed by atoms with Crippen LogP contribution in [0.5, 0.6) is 0 Å². The van der Waals surface area contributed by atoms with Crippen molar-refractivity contribution in [2.75, 3.05) is 7.05 Å². The Kier molecular flexibility index (Phi) is 5.46. The minimum atomic E-state index is -0.145. The van der Waals surface area contributed by atoms with E-state index in [1.165, 1.54) is 12.8 Å². The van der Waals surface area contributed by atoms with Gasteiger partial charge in [-0.3, -0.25) is 4.90 Å². The molecule has 0 heterocycles. The van der Waals surface area contributed by atoms with E-state index in [1.807, 2.05) is 0 Å². The fraction of sp³-hybridized carbons (Fsp3) is 1.00. The molecular weight excluding hydrogens is 210 g/mol. The first-order valence-electron chi connectivity index (χ1n) is 7.22. The van der Waals surface area contributed by atoms with Gasteiger partial charge in [0.05, 0.1) is 6.10 Å². The standard InChI is InChI=1S/C15H31NO/c1-10(2)7-13(5)16(6)15-12(4)8-11(3)9-14(15)17/h10-15,17H,7-9H2,1-6H3. The van der Waals surface area contributed by atoms with Gasteiger partial charge in [0.1, 0.15) is 0 Å². The van der Waals surface area contributed by atoms with Gasteiger partial charge in [0, 0.05) is 12.1 Å². The lowest BCUT2D eigenvalue weighted by Crippen LogP contribution is -2.52. The summed E-state index contributed by atoms with van der Waals surface area (Å²) >= 11 is 0. The van der Waals surface area contributed by atoms with Crippen LogP contribution in [0.3, 0.4) is 0 Å². The molecule has 2 heteroatoms. The average molecular weight is 241 g/mol. The minimum absolute atomic E-state index is 0.145. The Bertz CT molecular complexity index is 217. The molecular formula is C15H31NO. The van der Waals surface area contributed by atoms with Gasteiger partial charge in [0.2, 0.25) is 0 Å². The number of hydrogen-bond acceptors (Lipinski definition) is 2. The molecule has 1 rings (SSSR count). The lowest BCUT2D eigenvalue weighted by atomic mass is 9.77. The van der Waals surface area contributed by atoms with Crippen LogP contribution in [0.25, 0.3) is 0 Å². The summed E-state index contributed by atoms with van der Waals surface area (Å²) < 4.78 is 0. The SMILES string of the molecule is CC(C)CC(C)N(C)C1C(C)CC(C)CC1O. The van der Waals surface area contributed by atoms with E-state index < -0.39 is 0 Å². The van der Waals surface area contributed by atoms with E-state index >= 15 is 0 Å². The van der Waals surface area contributed by atoms with E-state index in [-0.39, 0.29) is 6.10 Å². The quantitative estimate of drug-likeness (QED) is 0.817. The predicted molar refractivity (Wildman–Crippen MR) is 74.0 cm³/mol. The summed E-state index contributed by atoms with van der Waals surface area (Å²) in [5, 5.41) is 10.3. The second-order valence-corrected chi connectivity index (χ2v) is 6.76. The van der Waals surface area contributed by atoms with Crippen LogP contribution in [0.4, 0.5) is 0 Å². The normalized spacial score (nSPS) is 36.5. The maximum Gasteiger partial charge on any atom is 0.0700 e. The zero-order valence-corrected chi connectivity index (χ0v) is 12.5. The molecule has 0 saturated heterocycles. The number of hydrogen-bond donors (Lipinski definition) is 1. The Morgan fingerprint density at radius 2 is 1.76 bits per heavy atom. The lowest BCUT2D eigenvalue weighted by Gasteiger charge is -2.44. The smallest absolute Gasteiger partial charge is 0.0700 e. The summed E-state index contributed by atoms with van der Waals surface area (Å²) in [5.41, 5.74) is 0. The minimum Gasteiger partial charge on any atom is -0.391 e. The molecule has 0 aliphatic heterocycles. The van der Waals surface area contributed by atoms with Gasteiger partial charge < -0.3 is 5.11 Å². The van der Waals surface area contributed by atoms with E-state index in [0.717, 1.165) is 12.3 Å². The summed E-state index contributed by atoms with van der Waals surface area (Å²) in [7, 11) is 2.19. The molecule has 0 aromatic heterocycles. The van der Waals surface area contributed by atoms with E-state index in [9.17, 15) is 5.11 Å². The Labute approximate surface area is 107 Å². The third-order valence-corrected chi connectivity index (χ3v) is 4.37. The summed E-state index contributed by atoms with van der Waals surface area (Å²) in [6.07, 6.45) is 3.28. The first-order valence-corrected chi connectivity index (χ1v) is 7.22. The van der Waals surface area contributed by atoms with Crippen molar-refractivity contribution in [1.29, 1.82) is 0 Å². The molecule has 5 atom stereocenters. The molecule has 0 aromatic rings. The van der Waals surface area contributed by atoms with E-state index in [1.54, 1.807) is 0 Å². The second-order valence-electron chi connectivity index (χ2n) is 6.76. The van der Waals surface area contributed by atoms with Crippen molar-refractivity contribution in [3.05, 3.63) is 0 Å². The third-order valence-electron chi connectivity index (χ3n) is 4.37.